The molecule has 1 aliphatic heterocycles. The Morgan fingerprint density at radius 3 is 3.04 bits per heavy atom. The first-order valence-corrected chi connectivity index (χ1v) is 8.81. The van der Waals surface area contributed by atoms with E-state index in [2.05, 4.69) is 28.2 Å². The van der Waals surface area contributed by atoms with Gasteiger partial charge in [-0.05, 0) is 31.0 Å². The molecule has 0 radical (unpaired) electrons. The van der Waals surface area contributed by atoms with Crippen LogP contribution in [0, 0.1) is 12.8 Å². The van der Waals surface area contributed by atoms with Crippen LogP contribution in [0.3, 0.4) is 0 Å². The number of fused-ring (bicyclic) bond motifs is 1. The SMILES string of the molecule is Cc1cnc(C(=O)N2CCOC[C@@H](Cc3ccc4ccoc4c3)C2)cn1. The topological polar surface area (TPSA) is 68.5 Å². The van der Waals surface area contributed by atoms with Crippen molar-refractivity contribution in [1.29, 1.82) is 0 Å². The summed E-state index contributed by atoms with van der Waals surface area (Å²) in [4.78, 5) is 23.0. The summed E-state index contributed by atoms with van der Waals surface area (Å²) in [6.45, 7) is 4.25. The quantitative estimate of drug-likeness (QED) is 0.726. The monoisotopic (exact) mass is 351 g/mol. The number of aromatic nitrogens is 2. The highest BCUT2D eigenvalue weighted by Crippen LogP contribution is 2.21. The normalized spacial score (nSPS) is 18.0. The maximum Gasteiger partial charge on any atom is 0.274 e. The molecule has 1 saturated heterocycles. The molecule has 2 aromatic heterocycles. The lowest BCUT2D eigenvalue weighted by molar-refractivity contribution is 0.0731. The second-order valence-electron chi connectivity index (χ2n) is 6.73. The zero-order valence-electron chi connectivity index (χ0n) is 14.7. The minimum atomic E-state index is -0.0884. The van der Waals surface area contributed by atoms with E-state index in [4.69, 9.17) is 9.15 Å². The Labute approximate surface area is 151 Å². The third kappa shape index (κ3) is 3.60. The van der Waals surface area contributed by atoms with Gasteiger partial charge in [0.1, 0.15) is 11.3 Å². The minimum Gasteiger partial charge on any atom is -0.464 e. The van der Waals surface area contributed by atoms with Gasteiger partial charge in [0.25, 0.3) is 5.91 Å². The van der Waals surface area contributed by atoms with Crippen molar-refractivity contribution in [2.24, 2.45) is 5.92 Å². The van der Waals surface area contributed by atoms with Crippen LogP contribution in [0.5, 0.6) is 0 Å². The fourth-order valence-electron chi connectivity index (χ4n) is 3.31. The number of rotatable bonds is 3. The molecule has 0 bridgehead atoms. The number of aryl methyl sites for hydroxylation is 1. The van der Waals surface area contributed by atoms with Crippen LogP contribution in [-0.2, 0) is 11.2 Å². The number of carbonyl (C=O) groups is 1. The van der Waals surface area contributed by atoms with Gasteiger partial charge in [-0.15, -0.1) is 0 Å². The molecule has 1 fully saturated rings. The predicted molar refractivity (Wildman–Crippen MR) is 96.9 cm³/mol. The van der Waals surface area contributed by atoms with Gasteiger partial charge in [0.05, 0.1) is 31.4 Å². The predicted octanol–water partition coefficient (Wildman–Crippen LogP) is 2.86. The molecule has 0 unspecified atom stereocenters. The van der Waals surface area contributed by atoms with Crippen LogP contribution in [0.25, 0.3) is 11.0 Å². The highest BCUT2D eigenvalue weighted by molar-refractivity contribution is 5.92. The van der Waals surface area contributed by atoms with E-state index in [-0.39, 0.29) is 11.8 Å². The molecule has 3 heterocycles. The van der Waals surface area contributed by atoms with Crippen LogP contribution < -0.4 is 0 Å². The molecule has 0 saturated carbocycles. The number of hydrogen-bond acceptors (Lipinski definition) is 5. The summed E-state index contributed by atoms with van der Waals surface area (Å²) in [6, 6.07) is 8.20. The molecule has 0 aliphatic carbocycles. The molecule has 1 atom stereocenters. The summed E-state index contributed by atoms with van der Waals surface area (Å²) in [7, 11) is 0. The molecule has 6 heteroatoms. The van der Waals surface area contributed by atoms with Crippen molar-refractivity contribution in [2.75, 3.05) is 26.3 Å². The first kappa shape index (κ1) is 16.7. The molecular formula is C20H21N3O3. The van der Waals surface area contributed by atoms with E-state index in [1.807, 2.05) is 17.9 Å². The molecule has 1 amide bonds. The van der Waals surface area contributed by atoms with Gasteiger partial charge in [0.2, 0.25) is 0 Å². The van der Waals surface area contributed by atoms with E-state index >= 15 is 0 Å². The van der Waals surface area contributed by atoms with Gasteiger partial charge in [-0.25, -0.2) is 4.98 Å². The molecule has 1 aromatic carbocycles. The average molecular weight is 351 g/mol. The summed E-state index contributed by atoms with van der Waals surface area (Å²) in [5.41, 5.74) is 3.26. The number of ether oxygens (including phenoxy) is 1. The Morgan fingerprint density at radius 1 is 1.27 bits per heavy atom. The van der Waals surface area contributed by atoms with E-state index in [0.717, 1.165) is 23.1 Å². The van der Waals surface area contributed by atoms with Gasteiger partial charge < -0.3 is 14.1 Å². The lowest BCUT2D eigenvalue weighted by atomic mass is 9.99. The lowest BCUT2D eigenvalue weighted by Gasteiger charge is -2.23. The summed E-state index contributed by atoms with van der Waals surface area (Å²) in [6.07, 6.45) is 5.70. The zero-order chi connectivity index (χ0) is 17.9. The fraction of sp³-hybridized carbons (Fsp3) is 0.350. The molecule has 0 N–H and O–H groups in total. The highest BCUT2D eigenvalue weighted by Gasteiger charge is 2.24. The van der Waals surface area contributed by atoms with Crippen molar-refractivity contribution in [2.45, 2.75) is 13.3 Å². The van der Waals surface area contributed by atoms with Crippen LogP contribution >= 0.6 is 0 Å². The van der Waals surface area contributed by atoms with Gasteiger partial charge in [0, 0.05) is 30.6 Å². The first-order chi connectivity index (χ1) is 12.7. The maximum absolute atomic E-state index is 12.8. The van der Waals surface area contributed by atoms with Gasteiger partial charge in [-0.3, -0.25) is 9.78 Å². The Hall–Kier alpha value is -2.73. The lowest BCUT2D eigenvalue weighted by Crippen LogP contribution is -2.37. The van der Waals surface area contributed by atoms with Crippen LogP contribution in [0.1, 0.15) is 21.7 Å². The van der Waals surface area contributed by atoms with Crippen molar-refractivity contribution in [3.63, 3.8) is 0 Å². The van der Waals surface area contributed by atoms with Crippen molar-refractivity contribution < 1.29 is 13.9 Å². The van der Waals surface area contributed by atoms with Gasteiger partial charge in [-0.1, -0.05) is 12.1 Å². The van der Waals surface area contributed by atoms with Gasteiger partial charge in [-0.2, -0.15) is 0 Å². The van der Waals surface area contributed by atoms with Crippen LogP contribution in [-0.4, -0.2) is 47.1 Å². The minimum absolute atomic E-state index is 0.0884. The number of amides is 1. The molecule has 1 aliphatic rings. The number of hydrogen-bond donors (Lipinski definition) is 0. The Kier molecular flexibility index (Phi) is 4.67. The molecule has 134 valence electrons. The average Bonchev–Trinajstić information content (AvgIpc) is 2.99. The molecule has 4 rings (SSSR count). The summed E-state index contributed by atoms with van der Waals surface area (Å²) in [5, 5.41) is 1.10. The van der Waals surface area contributed by atoms with E-state index in [0.29, 0.717) is 32.0 Å². The number of furan rings is 1. The van der Waals surface area contributed by atoms with Gasteiger partial charge >= 0.3 is 0 Å². The van der Waals surface area contributed by atoms with Crippen molar-refractivity contribution >= 4 is 16.9 Å². The fourth-order valence-corrected chi connectivity index (χ4v) is 3.31. The zero-order valence-corrected chi connectivity index (χ0v) is 14.7. The Bertz CT molecular complexity index is 904. The van der Waals surface area contributed by atoms with E-state index < -0.39 is 0 Å². The van der Waals surface area contributed by atoms with E-state index in [1.165, 1.54) is 5.56 Å². The van der Waals surface area contributed by atoms with Crippen LogP contribution in [0.15, 0.2) is 47.3 Å². The molecule has 3 aromatic rings. The standard InChI is InChI=1S/C20H21N3O3/c1-14-10-22-18(11-21-14)20(24)23-5-7-25-13-16(12-23)8-15-2-3-17-4-6-26-19(17)9-15/h2-4,6,9-11,16H,5,7-8,12-13H2,1H3/t16-/m0/s1. The second kappa shape index (κ2) is 7.25. The second-order valence-corrected chi connectivity index (χ2v) is 6.73. The smallest absolute Gasteiger partial charge is 0.274 e. The molecule has 26 heavy (non-hydrogen) atoms. The number of nitrogens with zero attached hydrogens (tertiary/aromatic N) is 3. The largest absolute Gasteiger partial charge is 0.464 e. The molecular weight excluding hydrogens is 330 g/mol. The molecule has 6 nitrogen and oxygen atoms in total. The first-order valence-electron chi connectivity index (χ1n) is 8.81. The number of benzene rings is 1. The number of carbonyl (C=O) groups excluding carboxylic acids is 1. The van der Waals surface area contributed by atoms with Crippen molar-refractivity contribution in [3.8, 4) is 0 Å². The summed E-state index contributed by atoms with van der Waals surface area (Å²) in [5.74, 6) is 0.141. The van der Waals surface area contributed by atoms with Crippen molar-refractivity contribution in [1.82, 2.24) is 14.9 Å². The highest BCUT2D eigenvalue weighted by atomic mass is 16.5. The molecule has 0 spiro atoms. The van der Waals surface area contributed by atoms with Crippen molar-refractivity contribution in [3.05, 3.63) is 59.9 Å². The third-order valence-electron chi connectivity index (χ3n) is 4.67. The summed E-state index contributed by atoms with van der Waals surface area (Å²) >= 11 is 0. The maximum atomic E-state index is 12.8. The van der Waals surface area contributed by atoms with E-state index in [1.54, 1.807) is 18.7 Å². The van der Waals surface area contributed by atoms with Crippen LogP contribution in [0.4, 0.5) is 0 Å². The third-order valence-corrected chi connectivity index (χ3v) is 4.67. The van der Waals surface area contributed by atoms with Crippen LogP contribution in [0.2, 0.25) is 0 Å². The van der Waals surface area contributed by atoms with Gasteiger partial charge in [0.15, 0.2) is 0 Å². The van der Waals surface area contributed by atoms with E-state index in [9.17, 15) is 4.79 Å². The summed E-state index contributed by atoms with van der Waals surface area (Å²) < 4.78 is 11.2. The Balaban J connectivity index is 1.48. The Morgan fingerprint density at radius 2 is 2.19 bits per heavy atom.